The Bertz CT molecular complexity index is 1390. The van der Waals surface area contributed by atoms with Crippen LogP contribution in [0.15, 0.2) is 83.9 Å². The van der Waals surface area contributed by atoms with Crippen molar-refractivity contribution >= 4 is 61.4 Å². The molecule has 4 rings (SSSR count). The molecular formula is C22H15Cl2N3O3S. The van der Waals surface area contributed by atoms with E-state index in [4.69, 9.17) is 23.2 Å². The first kappa shape index (κ1) is 21.1. The van der Waals surface area contributed by atoms with Gasteiger partial charge in [0.1, 0.15) is 0 Å². The number of nitrogens with one attached hydrogen (secondary N) is 2. The van der Waals surface area contributed by atoms with Crippen LogP contribution in [0.5, 0.6) is 0 Å². The molecule has 0 saturated carbocycles. The number of pyridine rings is 1. The Morgan fingerprint density at radius 1 is 0.839 bits per heavy atom. The summed E-state index contributed by atoms with van der Waals surface area (Å²) < 4.78 is 28.0. The number of carbonyl (C=O) groups is 1. The third-order valence-corrected chi connectivity index (χ3v) is 6.34. The van der Waals surface area contributed by atoms with Gasteiger partial charge in [-0.3, -0.25) is 14.5 Å². The third-order valence-electron chi connectivity index (χ3n) is 4.48. The van der Waals surface area contributed by atoms with Crippen molar-refractivity contribution in [2.75, 3.05) is 10.0 Å². The first-order valence-corrected chi connectivity index (χ1v) is 11.3. The zero-order valence-electron chi connectivity index (χ0n) is 15.8. The molecular weight excluding hydrogens is 457 g/mol. The summed E-state index contributed by atoms with van der Waals surface area (Å²) in [5.74, 6) is -0.533. The van der Waals surface area contributed by atoms with E-state index >= 15 is 0 Å². The topological polar surface area (TPSA) is 88.2 Å². The van der Waals surface area contributed by atoms with Crippen molar-refractivity contribution in [1.82, 2.24) is 4.98 Å². The average molecular weight is 472 g/mol. The number of amides is 1. The summed E-state index contributed by atoms with van der Waals surface area (Å²) in [6.07, 6.45) is 1.63. The average Bonchev–Trinajstić information content (AvgIpc) is 2.75. The molecule has 0 spiro atoms. The van der Waals surface area contributed by atoms with Gasteiger partial charge < -0.3 is 5.32 Å². The summed E-state index contributed by atoms with van der Waals surface area (Å²) in [6.45, 7) is 0. The minimum Gasteiger partial charge on any atom is -0.320 e. The van der Waals surface area contributed by atoms with E-state index < -0.39 is 15.9 Å². The number of anilines is 2. The molecule has 156 valence electrons. The zero-order valence-corrected chi connectivity index (χ0v) is 18.2. The largest absolute Gasteiger partial charge is 0.320 e. The van der Waals surface area contributed by atoms with E-state index in [1.54, 1.807) is 24.4 Å². The molecule has 31 heavy (non-hydrogen) atoms. The molecule has 0 fully saturated rings. The maximum Gasteiger partial charge on any atom is 0.261 e. The summed E-state index contributed by atoms with van der Waals surface area (Å²) >= 11 is 11.9. The number of rotatable bonds is 5. The first-order chi connectivity index (χ1) is 14.8. The van der Waals surface area contributed by atoms with Crippen LogP contribution in [-0.4, -0.2) is 19.3 Å². The lowest BCUT2D eigenvalue weighted by molar-refractivity contribution is 0.102. The predicted molar refractivity (Wildman–Crippen MR) is 123 cm³/mol. The number of halogens is 2. The van der Waals surface area contributed by atoms with Crippen molar-refractivity contribution in [2.45, 2.75) is 4.90 Å². The van der Waals surface area contributed by atoms with Gasteiger partial charge in [0, 0.05) is 21.6 Å². The maximum atomic E-state index is 13.0. The minimum atomic E-state index is -3.95. The van der Waals surface area contributed by atoms with Gasteiger partial charge in [0.05, 0.1) is 27.4 Å². The third kappa shape index (κ3) is 4.64. The van der Waals surface area contributed by atoms with Crippen molar-refractivity contribution in [1.29, 1.82) is 0 Å². The molecule has 4 aromatic rings. The number of para-hydroxylation sites is 1. The first-order valence-electron chi connectivity index (χ1n) is 9.06. The number of nitrogens with zero attached hydrogens (tertiary/aromatic N) is 1. The number of aromatic nitrogens is 1. The highest BCUT2D eigenvalue weighted by Crippen LogP contribution is 2.27. The highest BCUT2D eigenvalue weighted by atomic mass is 35.5. The Balaban J connectivity index is 1.68. The van der Waals surface area contributed by atoms with E-state index in [0.29, 0.717) is 16.2 Å². The van der Waals surface area contributed by atoms with Crippen LogP contribution >= 0.6 is 23.2 Å². The molecule has 2 N–H and O–H groups in total. The summed E-state index contributed by atoms with van der Waals surface area (Å²) in [5.41, 5.74) is 1.27. The Hall–Kier alpha value is -3.13. The highest BCUT2D eigenvalue weighted by molar-refractivity contribution is 7.92. The molecule has 0 aliphatic heterocycles. The number of carbonyl (C=O) groups excluding carboxylic acids is 1. The number of benzene rings is 3. The molecule has 1 heterocycles. The van der Waals surface area contributed by atoms with Gasteiger partial charge in [0.25, 0.3) is 15.9 Å². The molecule has 0 radical (unpaired) electrons. The molecule has 6 nitrogen and oxygen atoms in total. The monoisotopic (exact) mass is 471 g/mol. The van der Waals surface area contributed by atoms with Crippen LogP contribution in [0.4, 0.5) is 11.4 Å². The van der Waals surface area contributed by atoms with Gasteiger partial charge in [0.2, 0.25) is 0 Å². The molecule has 0 atom stereocenters. The number of fused-ring (bicyclic) bond motifs is 1. The maximum absolute atomic E-state index is 13.0. The van der Waals surface area contributed by atoms with Crippen LogP contribution in [0.1, 0.15) is 10.4 Å². The molecule has 0 bridgehead atoms. The smallest absolute Gasteiger partial charge is 0.261 e. The second-order valence-electron chi connectivity index (χ2n) is 6.58. The number of hydrogen-bond donors (Lipinski definition) is 2. The Morgan fingerprint density at radius 2 is 1.55 bits per heavy atom. The van der Waals surface area contributed by atoms with Gasteiger partial charge in [-0.15, -0.1) is 0 Å². The van der Waals surface area contributed by atoms with E-state index in [9.17, 15) is 13.2 Å². The molecule has 0 aliphatic carbocycles. The highest BCUT2D eigenvalue weighted by Gasteiger charge is 2.20. The molecule has 0 unspecified atom stereocenters. The van der Waals surface area contributed by atoms with E-state index in [2.05, 4.69) is 15.0 Å². The van der Waals surface area contributed by atoms with E-state index in [-0.39, 0.29) is 21.2 Å². The van der Waals surface area contributed by atoms with Crippen LogP contribution in [-0.2, 0) is 10.0 Å². The van der Waals surface area contributed by atoms with Crippen molar-refractivity contribution < 1.29 is 13.2 Å². The van der Waals surface area contributed by atoms with Gasteiger partial charge in [-0.2, -0.15) is 0 Å². The van der Waals surface area contributed by atoms with Crippen molar-refractivity contribution in [3.8, 4) is 0 Å². The Morgan fingerprint density at radius 3 is 2.32 bits per heavy atom. The van der Waals surface area contributed by atoms with Crippen molar-refractivity contribution in [2.24, 2.45) is 0 Å². The molecule has 1 aromatic heterocycles. The van der Waals surface area contributed by atoms with E-state index in [1.165, 1.54) is 42.5 Å². The van der Waals surface area contributed by atoms with Gasteiger partial charge in [0.15, 0.2) is 0 Å². The van der Waals surface area contributed by atoms with Crippen molar-refractivity contribution in [3.05, 3.63) is 94.6 Å². The summed E-state index contributed by atoms with van der Waals surface area (Å²) in [5, 5.41) is 4.34. The van der Waals surface area contributed by atoms with Gasteiger partial charge >= 0.3 is 0 Å². The second-order valence-corrected chi connectivity index (χ2v) is 9.14. The summed E-state index contributed by atoms with van der Waals surface area (Å²) in [4.78, 5) is 17.4. The van der Waals surface area contributed by atoms with Gasteiger partial charge in [-0.05, 0) is 54.6 Å². The van der Waals surface area contributed by atoms with Gasteiger partial charge in [-0.25, -0.2) is 8.42 Å². The zero-order chi connectivity index (χ0) is 22.0. The van der Waals surface area contributed by atoms with Crippen LogP contribution in [0.2, 0.25) is 10.0 Å². The number of hydrogen-bond acceptors (Lipinski definition) is 4. The summed E-state index contributed by atoms with van der Waals surface area (Å²) in [6, 6.07) is 19.1. The fourth-order valence-electron chi connectivity index (χ4n) is 3.01. The van der Waals surface area contributed by atoms with Crippen LogP contribution < -0.4 is 10.0 Å². The molecule has 3 aromatic carbocycles. The molecule has 9 heteroatoms. The van der Waals surface area contributed by atoms with Gasteiger partial charge in [-0.1, -0.05) is 41.4 Å². The lowest BCUT2D eigenvalue weighted by atomic mass is 10.1. The van der Waals surface area contributed by atoms with E-state index in [1.807, 2.05) is 12.1 Å². The lowest BCUT2D eigenvalue weighted by Gasteiger charge is -2.14. The lowest BCUT2D eigenvalue weighted by Crippen LogP contribution is -2.19. The Labute approximate surface area is 188 Å². The SMILES string of the molecule is O=C(Nc1cccc2cccnc12)c1cc(Cl)ccc1NS(=O)(=O)c1ccc(Cl)cc1. The quantitative estimate of drug-likeness (QED) is 0.396. The number of sulfonamides is 1. The molecule has 0 saturated heterocycles. The van der Waals surface area contributed by atoms with Crippen LogP contribution in [0.25, 0.3) is 10.9 Å². The van der Waals surface area contributed by atoms with Crippen LogP contribution in [0.3, 0.4) is 0 Å². The Kier molecular flexibility index (Phi) is 5.82. The minimum absolute atomic E-state index is 0.0106. The predicted octanol–water partition coefficient (Wildman–Crippen LogP) is 5.59. The molecule has 1 amide bonds. The van der Waals surface area contributed by atoms with Crippen LogP contribution in [0, 0.1) is 0 Å². The fraction of sp³-hybridized carbons (Fsp3) is 0. The van der Waals surface area contributed by atoms with Crippen molar-refractivity contribution in [3.63, 3.8) is 0 Å². The summed E-state index contributed by atoms with van der Waals surface area (Å²) in [7, 11) is -3.95. The van der Waals surface area contributed by atoms with E-state index in [0.717, 1.165) is 5.39 Å². The standard InChI is InChI=1S/C22H15Cl2N3O3S/c23-15-6-9-17(10-7-15)31(29,30)27-19-11-8-16(24)13-18(19)22(28)26-20-5-1-3-14-4-2-12-25-21(14)20/h1-13,27H,(H,26,28). The molecule has 0 aliphatic rings. The normalized spacial score (nSPS) is 11.3. The fourth-order valence-corrected chi connectivity index (χ4v) is 4.38. The second kappa shape index (κ2) is 8.55.